The first-order valence-electron chi connectivity index (χ1n) is 7.06. The number of fused-ring (bicyclic) bond motifs is 1. The lowest BCUT2D eigenvalue weighted by molar-refractivity contribution is -0.120. The molecule has 0 amide bonds. The average molecular weight is 327 g/mol. The molecule has 0 saturated carbocycles. The Morgan fingerprint density at radius 1 is 1.41 bits per heavy atom. The minimum atomic E-state index is -3.81. The summed E-state index contributed by atoms with van der Waals surface area (Å²) in [5.74, 6) is 0.566. The molecule has 0 N–H and O–H groups in total. The Morgan fingerprint density at radius 2 is 2.09 bits per heavy atom. The van der Waals surface area contributed by atoms with Crippen molar-refractivity contribution in [1.82, 2.24) is 0 Å². The van der Waals surface area contributed by atoms with Crippen molar-refractivity contribution in [3.05, 3.63) is 23.8 Å². The Kier molecular flexibility index (Phi) is 4.77. The molecule has 0 aromatic heterocycles. The van der Waals surface area contributed by atoms with Crippen LogP contribution in [0.1, 0.15) is 31.7 Å². The lowest BCUT2D eigenvalue weighted by atomic mass is 9.89. The van der Waals surface area contributed by atoms with E-state index in [4.69, 9.17) is 4.74 Å². The number of hydrogen-bond donors (Lipinski definition) is 0. The largest absolute Gasteiger partial charge is 0.497 e. The van der Waals surface area contributed by atoms with Crippen LogP contribution in [0.2, 0.25) is 0 Å². The van der Waals surface area contributed by atoms with Crippen LogP contribution in [-0.2, 0) is 19.3 Å². The van der Waals surface area contributed by atoms with Crippen LogP contribution in [-0.4, -0.2) is 35.0 Å². The highest BCUT2D eigenvalue weighted by Gasteiger charge is 2.37. The van der Waals surface area contributed by atoms with E-state index in [2.05, 4.69) is 4.18 Å². The van der Waals surface area contributed by atoms with Crippen LogP contribution in [0.5, 0.6) is 5.75 Å². The maximum Gasteiger partial charge on any atom is 0.362 e. The molecule has 7 heteroatoms. The number of methoxy groups -OCH3 is 1. The fourth-order valence-electron chi connectivity index (χ4n) is 2.71. The van der Waals surface area contributed by atoms with Crippen LogP contribution < -0.4 is 9.04 Å². The van der Waals surface area contributed by atoms with Gasteiger partial charge in [-0.1, -0.05) is 6.92 Å². The van der Waals surface area contributed by atoms with Crippen LogP contribution >= 0.6 is 0 Å². The van der Waals surface area contributed by atoms with E-state index in [9.17, 15) is 13.2 Å². The summed E-state index contributed by atoms with van der Waals surface area (Å²) in [5.41, 5.74) is 1.46. The van der Waals surface area contributed by atoms with Gasteiger partial charge in [-0.3, -0.25) is 8.98 Å². The number of ketones is 1. The molecule has 2 rings (SSSR count). The molecular formula is C15H21NO5S. The number of Topliss-reactive ketones (excluding diaryl/α,β-unsaturated/α-hetero) is 1. The minimum absolute atomic E-state index is 0.0612. The van der Waals surface area contributed by atoms with E-state index < -0.39 is 10.3 Å². The van der Waals surface area contributed by atoms with Crippen LogP contribution in [0.25, 0.3) is 0 Å². The molecule has 0 radical (unpaired) electrons. The maximum atomic E-state index is 12.1. The number of benzene rings is 1. The second-order valence-corrected chi connectivity index (χ2v) is 7.15. The van der Waals surface area contributed by atoms with Gasteiger partial charge >= 0.3 is 10.3 Å². The quantitative estimate of drug-likeness (QED) is 0.800. The summed E-state index contributed by atoms with van der Waals surface area (Å²) in [5, 5.41) is 0. The van der Waals surface area contributed by atoms with Crippen molar-refractivity contribution < 1.29 is 22.1 Å². The Hall–Kier alpha value is -1.60. The predicted molar refractivity (Wildman–Crippen MR) is 83.5 cm³/mol. The number of nitrogens with zero attached hydrogens (tertiary/aromatic N) is 1. The van der Waals surface area contributed by atoms with Gasteiger partial charge in [0, 0.05) is 18.4 Å². The number of rotatable bonds is 6. The van der Waals surface area contributed by atoms with Crippen molar-refractivity contribution >= 4 is 21.8 Å². The van der Waals surface area contributed by atoms with Crippen LogP contribution in [0.15, 0.2) is 18.2 Å². The number of carbonyl (C=O) groups excluding carboxylic acids is 1. The Morgan fingerprint density at radius 3 is 2.64 bits per heavy atom. The zero-order valence-corrected chi connectivity index (χ0v) is 14.0. The van der Waals surface area contributed by atoms with Gasteiger partial charge in [0.05, 0.1) is 19.9 Å². The highest BCUT2D eigenvalue weighted by atomic mass is 32.2. The number of carbonyl (C=O) groups is 1. The molecule has 0 fully saturated rings. The first-order chi connectivity index (χ1) is 10.3. The van der Waals surface area contributed by atoms with Crippen molar-refractivity contribution in [3.63, 3.8) is 0 Å². The predicted octanol–water partition coefficient (Wildman–Crippen LogP) is 2.11. The summed E-state index contributed by atoms with van der Waals surface area (Å²) in [7, 11) is -1.11. The summed E-state index contributed by atoms with van der Waals surface area (Å²) in [4.78, 5) is 11.5. The van der Waals surface area contributed by atoms with Gasteiger partial charge < -0.3 is 4.74 Å². The third kappa shape index (κ3) is 3.10. The highest BCUT2D eigenvalue weighted by molar-refractivity contribution is 7.88. The average Bonchev–Trinajstić information content (AvgIpc) is 2.85. The van der Waals surface area contributed by atoms with Crippen molar-refractivity contribution in [2.75, 3.05) is 25.1 Å². The SMILES string of the molecule is COc1ccc2c(c1)C(CC(C)C(C)=O)CN2S(=O)(=O)OC. The Labute approximate surface area is 131 Å². The summed E-state index contributed by atoms with van der Waals surface area (Å²) in [6.45, 7) is 3.68. The smallest absolute Gasteiger partial charge is 0.362 e. The molecule has 0 saturated heterocycles. The molecule has 0 spiro atoms. The molecule has 1 aliphatic heterocycles. The molecule has 1 aliphatic rings. The van der Waals surface area contributed by atoms with Gasteiger partial charge in [0.25, 0.3) is 0 Å². The highest BCUT2D eigenvalue weighted by Crippen LogP contribution is 2.42. The summed E-state index contributed by atoms with van der Waals surface area (Å²) >= 11 is 0. The molecular weight excluding hydrogens is 306 g/mol. The van der Waals surface area contributed by atoms with Crippen LogP contribution in [0.3, 0.4) is 0 Å². The second-order valence-electron chi connectivity index (χ2n) is 5.52. The second kappa shape index (κ2) is 6.26. The lowest BCUT2D eigenvalue weighted by Gasteiger charge is -2.18. The van der Waals surface area contributed by atoms with E-state index in [-0.39, 0.29) is 24.2 Å². The lowest BCUT2D eigenvalue weighted by Crippen LogP contribution is -2.31. The van der Waals surface area contributed by atoms with Gasteiger partial charge in [-0.05, 0) is 37.1 Å². The molecule has 22 heavy (non-hydrogen) atoms. The van der Waals surface area contributed by atoms with Gasteiger partial charge in [0.15, 0.2) is 0 Å². The maximum absolute atomic E-state index is 12.1. The molecule has 1 aromatic rings. The molecule has 1 aromatic carbocycles. The molecule has 2 unspecified atom stereocenters. The van der Waals surface area contributed by atoms with E-state index >= 15 is 0 Å². The van der Waals surface area contributed by atoms with Gasteiger partial charge in [-0.2, -0.15) is 8.42 Å². The fourth-order valence-corrected chi connectivity index (χ4v) is 3.66. The first-order valence-corrected chi connectivity index (χ1v) is 8.43. The van der Waals surface area contributed by atoms with Crippen molar-refractivity contribution in [3.8, 4) is 5.75 Å². The zero-order chi connectivity index (χ0) is 16.5. The molecule has 0 bridgehead atoms. The van der Waals surface area contributed by atoms with E-state index in [1.807, 2.05) is 13.0 Å². The van der Waals surface area contributed by atoms with E-state index in [1.165, 1.54) is 4.31 Å². The Bertz CT molecular complexity index is 671. The van der Waals surface area contributed by atoms with Gasteiger partial charge in [-0.15, -0.1) is 0 Å². The third-order valence-electron chi connectivity index (χ3n) is 4.14. The van der Waals surface area contributed by atoms with Gasteiger partial charge in [-0.25, -0.2) is 4.31 Å². The summed E-state index contributed by atoms with van der Waals surface area (Å²) in [6.07, 6.45) is 0.589. The molecule has 6 nitrogen and oxygen atoms in total. The first kappa shape index (κ1) is 16.8. The monoisotopic (exact) mass is 327 g/mol. The molecule has 122 valence electrons. The van der Waals surface area contributed by atoms with Crippen LogP contribution in [0, 0.1) is 5.92 Å². The summed E-state index contributed by atoms with van der Waals surface area (Å²) in [6, 6.07) is 5.26. The molecule has 0 aliphatic carbocycles. The number of ether oxygens (including phenoxy) is 1. The van der Waals surface area contributed by atoms with Gasteiger partial charge in [0.1, 0.15) is 11.5 Å². The van der Waals surface area contributed by atoms with E-state index in [0.29, 0.717) is 17.9 Å². The minimum Gasteiger partial charge on any atom is -0.497 e. The van der Waals surface area contributed by atoms with Crippen molar-refractivity contribution in [1.29, 1.82) is 0 Å². The standard InChI is InChI=1S/C15H21NO5S/c1-10(11(2)17)7-12-9-16(22(18,19)21-4)15-6-5-13(20-3)8-14(12)15/h5-6,8,10,12H,7,9H2,1-4H3. The van der Waals surface area contributed by atoms with Crippen molar-refractivity contribution in [2.45, 2.75) is 26.2 Å². The Balaban J connectivity index is 2.42. The number of hydrogen-bond acceptors (Lipinski definition) is 5. The summed E-state index contributed by atoms with van der Waals surface area (Å²) < 4.78 is 35.3. The fraction of sp³-hybridized carbons (Fsp3) is 0.533. The zero-order valence-electron chi connectivity index (χ0n) is 13.2. The number of anilines is 1. The van der Waals surface area contributed by atoms with Crippen LogP contribution in [0.4, 0.5) is 5.69 Å². The van der Waals surface area contributed by atoms with Crippen molar-refractivity contribution in [2.24, 2.45) is 5.92 Å². The van der Waals surface area contributed by atoms with E-state index in [0.717, 1.165) is 12.7 Å². The topological polar surface area (TPSA) is 72.9 Å². The van der Waals surface area contributed by atoms with E-state index in [1.54, 1.807) is 26.2 Å². The normalized spacial score (nSPS) is 18.9. The van der Waals surface area contributed by atoms with Gasteiger partial charge in [0.2, 0.25) is 0 Å². The molecule has 2 atom stereocenters. The molecule has 1 heterocycles. The third-order valence-corrected chi connectivity index (χ3v) is 5.45.